The molecule has 1 aliphatic rings. The minimum absolute atomic E-state index is 0.565. The highest BCUT2D eigenvalue weighted by Crippen LogP contribution is 2.34. The van der Waals surface area contributed by atoms with Crippen LogP contribution in [0, 0.1) is 23.3 Å². The van der Waals surface area contributed by atoms with Crippen LogP contribution in [0.1, 0.15) is 38.8 Å². The summed E-state index contributed by atoms with van der Waals surface area (Å²) in [4.78, 5) is 48.8. The van der Waals surface area contributed by atoms with E-state index in [1.165, 1.54) is 0 Å². The van der Waals surface area contributed by atoms with E-state index in [4.69, 9.17) is 23.1 Å². The van der Waals surface area contributed by atoms with E-state index in [1.54, 1.807) is 54.6 Å². The van der Waals surface area contributed by atoms with Crippen LogP contribution in [0.25, 0.3) is 0 Å². The lowest BCUT2D eigenvalue weighted by atomic mass is 10.1. The Kier molecular flexibility index (Phi) is 9.44. The third kappa shape index (κ3) is 7.56. The number of ether oxygens (including phenoxy) is 3. The molecule has 196 valence electrons. The van der Waals surface area contributed by atoms with Crippen molar-refractivity contribution in [3.63, 3.8) is 0 Å². The van der Waals surface area contributed by atoms with E-state index >= 15 is 0 Å². The predicted octanol–water partition coefficient (Wildman–Crippen LogP) is 2.37. The lowest BCUT2D eigenvalue weighted by molar-refractivity contribution is -0.194. The highest BCUT2D eigenvalue weighted by molar-refractivity contribution is 6.79. The third-order valence-electron chi connectivity index (χ3n) is 5.08. The van der Waals surface area contributed by atoms with E-state index in [1.807, 2.05) is 6.07 Å². The van der Waals surface area contributed by atoms with Crippen LogP contribution in [0.3, 0.4) is 0 Å². The van der Waals surface area contributed by atoms with Crippen molar-refractivity contribution in [3.05, 3.63) is 71.8 Å². The van der Waals surface area contributed by atoms with Crippen LogP contribution < -0.4 is 0 Å². The molecule has 0 saturated carbocycles. The quantitative estimate of drug-likeness (QED) is 0.252. The van der Waals surface area contributed by atoms with Crippen molar-refractivity contribution in [1.82, 2.24) is 0 Å². The van der Waals surface area contributed by atoms with Crippen molar-refractivity contribution >= 4 is 32.4 Å². The van der Waals surface area contributed by atoms with Crippen LogP contribution in [-0.2, 0) is 42.2 Å². The summed E-state index contributed by atoms with van der Waals surface area (Å²) in [5.41, 5.74) is 2.58. The summed E-state index contributed by atoms with van der Waals surface area (Å²) >= 11 is 0. The molecule has 1 fully saturated rings. The Morgan fingerprint density at radius 1 is 0.684 bits per heavy atom. The summed E-state index contributed by atoms with van der Waals surface area (Å²) in [5, 5.41) is 0. The lowest BCUT2D eigenvalue weighted by Crippen LogP contribution is -2.71. The lowest BCUT2D eigenvalue weighted by Gasteiger charge is -2.45. The van der Waals surface area contributed by atoms with Gasteiger partial charge >= 0.3 is 26.5 Å². The molecule has 1 heterocycles. The number of hydrogen-bond acceptors (Lipinski definition) is 9. The molecule has 0 radical (unpaired) electrons. The van der Waals surface area contributed by atoms with Crippen LogP contribution in [-0.4, -0.2) is 56.5 Å². The van der Waals surface area contributed by atoms with Gasteiger partial charge < -0.3 is 23.1 Å². The summed E-state index contributed by atoms with van der Waals surface area (Å²) in [5.74, 6) is 5.70. The molecular weight excluding hydrogens is 508 g/mol. The van der Waals surface area contributed by atoms with Gasteiger partial charge in [-0.25, -0.2) is 0 Å². The zero-order valence-corrected chi connectivity index (χ0v) is 22.3. The summed E-state index contributed by atoms with van der Waals surface area (Å²) in [6.45, 7) is 4.58. The fourth-order valence-corrected chi connectivity index (χ4v) is 6.62. The second-order valence-corrected chi connectivity index (χ2v) is 10.8. The monoisotopic (exact) mass is 534 g/mol. The molecule has 0 aliphatic carbocycles. The molecular formula is C28H26O9Si. The van der Waals surface area contributed by atoms with E-state index in [-0.39, 0.29) is 0 Å². The van der Waals surface area contributed by atoms with Crippen LogP contribution in [0.4, 0.5) is 0 Å². The minimum Gasteiger partial charge on any atom is -0.483 e. The van der Waals surface area contributed by atoms with Gasteiger partial charge in [-0.1, -0.05) is 54.2 Å². The van der Waals surface area contributed by atoms with E-state index in [0.717, 1.165) is 27.7 Å². The van der Waals surface area contributed by atoms with Crippen LogP contribution in [0.2, 0.25) is 0 Å². The van der Waals surface area contributed by atoms with Gasteiger partial charge in [0.2, 0.25) is 5.73 Å². The maximum absolute atomic E-state index is 12.3. The Hall–Kier alpha value is -4.38. The molecule has 0 aromatic heterocycles. The van der Waals surface area contributed by atoms with Crippen molar-refractivity contribution in [1.29, 1.82) is 0 Å². The van der Waals surface area contributed by atoms with E-state index in [9.17, 15) is 19.2 Å². The Labute approximate surface area is 221 Å². The summed E-state index contributed by atoms with van der Waals surface area (Å²) in [7, 11) is -4.27. The average Bonchev–Trinajstić information content (AvgIpc) is 2.86. The first kappa shape index (κ1) is 28.2. The van der Waals surface area contributed by atoms with Gasteiger partial charge in [-0.15, -0.1) is 0 Å². The van der Waals surface area contributed by atoms with Crippen molar-refractivity contribution < 1.29 is 42.2 Å². The Bertz CT molecular complexity index is 1300. The second-order valence-electron chi connectivity index (χ2n) is 8.23. The maximum Gasteiger partial charge on any atom is 0.535 e. The first-order valence-corrected chi connectivity index (χ1v) is 13.5. The number of esters is 3. The van der Waals surface area contributed by atoms with E-state index in [0.29, 0.717) is 11.1 Å². The summed E-state index contributed by atoms with van der Waals surface area (Å²) in [6.07, 6.45) is -4.02. The number of rotatable bonds is 4. The number of benzene rings is 2. The van der Waals surface area contributed by atoms with Gasteiger partial charge in [-0.3, -0.25) is 19.2 Å². The standard InChI is InChI=1S/C28H26O9Si/c1-19(29)33-26-25(16-15-23-11-7-5-8-12-23)37-38(36-22(4)32,18-17-24-13-9-6-10-14-24)28(35-21(3)31)27(26)34-20(2)30/h5-14,25-28H,1-4H3. The Morgan fingerprint density at radius 2 is 1.18 bits per heavy atom. The molecule has 5 atom stereocenters. The Balaban J connectivity index is 2.24. The molecule has 2 aromatic carbocycles. The van der Waals surface area contributed by atoms with Gasteiger partial charge in [0.15, 0.2) is 18.3 Å². The van der Waals surface area contributed by atoms with Crippen LogP contribution in [0.5, 0.6) is 0 Å². The molecule has 0 bridgehead atoms. The first-order chi connectivity index (χ1) is 18.1. The van der Waals surface area contributed by atoms with Crippen molar-refractivity contribution in [2.24, 2.45) is 0 Å². The molecule has 5 unspecified atom stereocenters. The minimum atomic E-state index is -4.27. The summed E-state index contributed by atoms with van der Waals surface area (Å²) in [6, 6.07) is 17.7. The molecule has 0 amide bonds. The van der Waals surface area contributed by atoms with Gasteiger partial charge in [-0.2, -0.15) is 0 Å². The molecule has 0 spiro atoms. The highest BCUT2D eigenvalue weighted by atomic mass is 28.4. The number of hydrogen-bond donors (Lipinski definition) is 0. The highest BCUT2D eigenvalue weighted by Gasteiger charge is 2.65. The van der Waals surface area contributed by atoms with Crippen molar-refractivity contribution in [3.8, 4) is 23.3 Å². The van der Waals surface area contributed by atoms with Gasteiger partial charge in [-0.05, 0) is 29.8 Å². The molecule has 2 aromatic rings. The number of carbonyl (C=O) groups is 4. The van der Waals surface area contributed by atoms with Crippen LogP contribution >= 0.6 is 0 Å². The van der Waals surface area contributed by atoms with Gasteiger partial charge in [0.05, 0.1) is 0 Å². The topological polar surface area (TPSA) is 114 Å². The van der Waals surface area contributed by atoms with Crippen LogP contribution in [0.15, 0.2) is 60.7 Å². The normalized spacial score (nSPS) is 23.8. The van der Waals surface area contributed by atoms with E-state index in [2.05, 4.69) is 23.3 Å². The molecule has 0 N–H and O–H groups in total. The Morgan fingerprint density at radius 3 is 1.68 bits per heavy atom. The average molecular weight is 535 g/mol. The molecule has 10 heteroatoms. The van der Waals surface area contributed by atoms with Crippen molar-refractivity contribution in [2.45, 2.75) is 51.7 Å². The fraction of sp³-hybridized carbons (Fsp3) is 0.286. The van der Waals surface area contributed by atoms with Crippen molar-refractivity contribution in [2.75, 3.05) is 0 Å². The van der Waals surface area contributed by atoms with Gasteiger partial charge in [0, 0.05) is 38.8 Å². The zero-order chi connectivity index (χ0) is 27.7. The smallest absolute Gasteiger partial charge is 0.483 e. The predicted molar refractivity (Wildman–Crippen MR) is 136 cm³/mol. The fourth-order valence-electron chi connectivity index (χ4n) is 3.74. The zero-order valence-electron chi connectivity index (χ0n) is 21.3. The SMILES string of the molecule is CC(=O)OC1C(C#Cc2ccccc2)O[Si](C#Cc2ccccc2)(OC(C)=O)C(OC(C)=O)C1OC(C)=O. The van der Waals surface area contributed by atoms with E-state index < -0.39 is 56.5 Å². The van der Waals surface area contributed by atoms with Gasteiger partial charge in [0.25, 0.3) is 5.97 Å². The molecule has 9 nitrogen and oxygen atoms in total. The molecule has 1 saturated heterocycles. The molecule has 3 rings (SSSR count). The largest absolute Gasteiger partial charge is 0.535 e. The third-order valence-corrected chi connectivity index (χ3v) is 7.94. The number of carbonyl (C=O) groups excluding carboxylic acids is 4. The maximum atomic E-state index is 12.3. The molecule has 1 aliphatic heterocycles. The second kappa shape index (κ2) is 12.7. The molecule has 38 heavy (non-hydrogen) atoms. The first-order valence-electron chi connectivity index (χ1n) is 11.6. The van der Waals surface area contributed by atoms with Gasteiger partial charge in [0.1, 0.15) is 0 Å². The summed E-state index contributed by atoms with van der Waals surface area (Å²) < 4.78 is 28.5.